The summed E-state index contributed by atoms with van der Waals surface area (Å²) in [4.78, 5) is 5.57. The molecule has 2 N–H and O–H groups in total. The van der Waals surface area contributed by atoms with Crippen LogP contribution in [0.4, 0.5) is 0 Å². The molecular formula is C12H20N2S. The number of pyridine rings is 1. The van der Waals surface area contributed by atoms with Crippen LogP contribution in [0, 0.1) is 5.92 Å². The summed E-state index contributed by atoms with van der Waals surface area (Å²) in [5.74, 6) is 0.683. The van der Waals surface area contributed by atoms with E-state index < -0.39 is 0 Å². The van der Waals surface area contributed by atoms with Crippen LogP contribution in [-0.2, 0) is 0 Å². The minimum absolute atomic E-state index is 0.0200. The second-order valence-corrected chi connectivity index (χ2v) is 5.73. The summed E-state index contributed by atoms with van der Waals surface area (Å²) in [6.07, 6.45) is 1.92. The van der Waals surface area contributed by atoms with Crippen LogP contribution in [0.3, 0.4) is 0 Å². The monoisotopic (exact) mass is 224 g/mol. The van der Waals surface area contributed by atoms with Crippen molar-refractivity contribution in [3.8, 4) is 0 Å². The van der Waals surface area contributed by atoms with E-state index in [4.69, 9.17) is 5.73 Å². The van der Waals surface area contributed by atoms with E-state index in [1.807, 2.05) is 30.9 Å². The van der Waals surface area contributed by atoms with Gasteiger partial charge >= 0.3 is 0 Å². The molecular weight excluding hydrogens is 204 g/mol. The van der Waals surface area contributed by atoms with Crippen LogP contribution < -0.4 is 5.73 Å². The zero-order valence-electron chi connectivity index (χ0n) is 9.90. The van der Waals surface area contributed by atoms with Gasteiger partial charge in [-0.25, -0.2) is 0 Å². The summed E-state index contributed by atoms with van der Waals surface area (Å²) in [5.41, 5.74) is 6.70. The molecule has 0 fully saturated rings. The van der Waals surface area contributed by atoms with Crippen LogP contribution >= 0.6 is 11.8 Å². The van der Waals surface area contributed by atoms with Gasteiger partial charge in [-0.15, -0.1) is 11.8 Å². The van der Waals surface area contributed by atoms with Gasteiger partial charge in [-0.1, -0.05) is 20.8 Å². The van der Waals surface area contributed by atoms with Crippen LogP contribution in [0.5, 0.6) is 0 Å². The van der Waals surface area contributed by atoms with E-state index in [-0.39, 0.29) is 6.04 Å². The minimum Gasteiger partial charge on any atom is -0.323 e. The van der Waals surface area contributed by atoms with Crippen molar-refractivity contribution in [2.24, 2.45) is 11.7 Å². The van der Waals surface area contributed by atoms with Gasteiger partial charge in [0, 0.05) is 22.4 Å². The lowest BCUT2D eigenvalue weighted by molar-refractivity contribution is 0.642. The van der Waals surface area contributed by atoms with Crippen molar-refractivity contribution in [2.75, 3.05) is 0 Å². The molecule has 0 bridgehead atoms. The van der Waals surface area contributed by atoms with E-state index >= 15 is 0 Å². The predicted octanol–water partition coefficient (Wildman–Crippen LogP) is 3.24. The number of thioether (sulfide) groups is 1. The Morgan fingerprint density at radius 2 is 1.87 bits per heavy atom. The van der Waals surface area contributed by atoms with E-state index in [0.717, 1.165) is 5.69 Å². The first-order valence-corrected chi connectivity index (χ1v) is 6.27. The molecule has 0 spiro atoms. The standard InChI is InChI=1S/C12H20N2S/c1-8(2)10(4)15-11-5-6-12(9(3)13)14-7-11/h5-10H,13H2,1-4H3/t9-,10?/m0/s1. The normalized spacial score (nSPS) is 15.3. The largest absolute Gasteiger partial charge is 0.323 e. The molecule has 0 aromatic carbocycles. The second kappa shape index (κ2) is 5.52. The highest BCUT2D eigenvalue weighted by Crippen LogP contribution is 2.27. The summed E-state index contributed by atoms with van der Waals surface area (Å²) >= 11 is 1.87. The van der Waals surface area contributed by atoms with Crippen molar-refractivity contribution in [3.63, 3.8) is 0 Å². The summed E-state index contributed by atoms with van der Waals surface area (Å²) in [6.45, 7) is 8.67. The summed E-state index contributed by atoms with van der Waals surface area (Å²) in [5, 5.41) is 0.618. The molecule has 84 valence electrons. The van der Waals surface area contributed by atoms with Crippen molar-refractivity contribution in [1.82, 2.24) is 4.98 Å². The lowest BCUT2D eigenvalue weighted by Gasteiger charge is -2.14. The third-order valence-corrected chi connectivity index (χ3v) is 3.92. The zero-order chi connectivity index (χ0) is 11.4. The first-order chi connectivity index (χ1) is 7.00. The van der Waals surface area contributed by atoms with Crippen LogP contribution in [0.15, 0.2) is 23.2 Å². The number of hydrogen-bond donors (Lipinski definition) is 1. The zero-order valence-corrected chi connectivity index (χ0v) is 10.7. The Balaban J connectivity index is 2.64. The van der Waals surface area contributed by atoms with Crippen molar-refractivity contribution in [2.45, 2.75) is 43.9 Å². The average molecular weight is 224 g/mol. The lowest BCUT2D eigenvalue weighted by atomic mass is 10.2. The van der Waals surface area contributed by atoms with Crippen LogP contribution in [0.25, 0.3) is 0 Å². The van der Waals surface area contributed by atoms with E-state index in [1.54, 1.807) is 0 Å². The average Bonchev–Trinajstić information content (AvgIpc) is 2.18. The Kier molecular flexibility index (Phi) is 4.61. The SMILES string of the molecule is CC(C)C(C)Sc1ccc([C@H](C)N)nc1. The molecule has 15 heavy (non-hydrogen) atoms. The summed E-state index contributed by atoms with van der Waals surface area (Å²) < 4.78 is 0. The van der Waals surface area contributed by atoms with Gasteiger partial charge < -0.3 is 5.73 Å². The lowest BCUT2D eigenvalue weighted by Crippen LogP contribution is -2.08. The Morgan fingerprint density at radius 1 is 1.20 bits per heavy atom. The summed E-state index contributed by atoms with van der Waals surface area (Å²) in [6, 6.07) is 4.14. The molecule has 1 aromatic heterocycles. The molecule has 3 heteroatoms. The summed E-state index contributed by atoms with van der Waals surface area (Å²) in [7, 11) is 0. The van der Waals surface area contributed by atoms with Gasteiger partial charge in [-0.3, -0.25) is 4.98 Å². The first kappa shape index (κ1) is 12.5. The maximum absolute atomic E-state index is 5.74. The number of rotatable bonds is 4. The highest BCUT2D eigenvalue weighted by Gasteiger charge is 2.09. The fourth-order valence-electron chi connectivity index (χ4n) is 1.08. The third-order valence-electron chi connectivity index (χ3n) is 2.49. The van der Waals surface area contributed by atoms with Gasteiger partial charge in [0.05, 0.1) is 5.69 Å². The van der Waals surface area contributed by atoms with Crippen molar-refractivity contribution in [1.29, 1.82) is 0 Å². The molecule has 1 heterocycles. The maximum atomic E-state index is 5.74. The molecule has 0 aliphatic carbocycles. The fourth-order valence-corrected chi connectivity index (χ4v) is 2.04. The maximum Gasteiger partial charge on any atom is 0.0569 e. The molecule has 1 unspecified atom stereocenters. The first-order valence-electron chi connectivity index (χ1n) is 5.39. The second-order valence-electron chi connectivity index (χ2n) is 4.27. The molecule has 2 nitrogen and oxygen atoms in total. The molecule has 0 radical (unpaired) electrons. The molecule has 1 aromatic rings. The topological polar surface area (TPSA) is 38.9 Å². The Bertz CT molecular complexity index is 293. The van der Waals surface area contributed by atoms with Gasteiger partial charge in [0.25, 0.3) is 0 Å². The Morgan fingerprint density at radius 3 is 2.27 bits per heavy atom. The number of nitrogens with two attached hydrogens (primary N) is 1. The third kappa shape index (κ3) is 3.84. The quantitative estimate of drug-likeness (QED) is 0.798. The van der Waals surface area contributed by atoms with E-state index in [2.05, 4.69) is 31.8 Å². The molecule has 0 amide bonds. The van der Waals surface area contributed by atoms with Crippen molar-refractivity contribution < 1.29 is 0 Å². The fraction of sp³-hybridized carbons (Fsp3) is 0.583. The number of hydrogen-bond acceptors (Lipinski definition) is 3. The van der Waals surface area contributed by atoms with E-state index in [9.17, 15) is 0 Å². The molecule has 2 atom stereocenters. The highest BCUT2D eigenvalue weighted by molar-refractivity contribution is 8.00. The molecule has 0 saturated heterocycles. The van der Waals surface area contributed by atoms with Crippen LogP contribution in [0.2, 0.25) is 0 Å². The van der Waals surface area contributed by atoms with Gasteiger partial charge in [0.15, 0.2) is 0 Å². The van der Waals surface area contributed by atoms with Gasteiger partial charge in [-0.2, -0.15) is 0 Å². The van der Waals surface area contributed by atoms with Crippen molar-refractivity contribution >= 4 is 11.8 Å². The minimum atomic E-state index is 0.0200. The Hall–Kier alpha value is -0.540. The van der Waals surface area contributed by atoms with Gasteiger partial charge in [0.1, 0.15) is 0 Å². The van der Waals surface area contributed by atoms with Gasteiger partial charge in [0.2, 0.25) is 0 Å². The van der Waals surface area contributed by atoms with E-state index in [1.165, 1.54) is 4.90 Å². The smallest absolute Gasteiger partial charge is 0.0569 e. The Labute approximate surface area is 96.7 Å². The van der Waals surface area contributed by atoms with Crippen molar-refractivity contribution in [3.05, 3.63) is 24.0 Å². The molecule has 1 rings (SSSR count). The van der Waals surface area contributed by atoms with Crippen LogP contribution in [0.1, 0.15) is 39.4 Å². The number of nitrogens with zero attached hydrogens (tertiary/aromatic N) is 1. The molecule has 0 aliphatic rings. The molecule has 0 saturated carbocycles. The van der Waals surface area contributed by atoms with E-state index in [0.29, 0.717) is 11.2 Å². The number of aromatic nitrogens is 1. The van der Waals surface area contributed by atoms with Gasteiger partial charge in [-0.05, 0) is 25.0 Å². The highest BCUT2D eigenvalue weighted by atomic mass is 32.2. The predicted molar refractivity (Wildman–Crippen MR) is 67.0 cm³/mol. The molecule has 0 aliphatic heterocycles. The van der Waals surface area contributed by atoms with Crippen LogP contribution in [-0.4, -0.2) is 10.2 Å².